The molecule has 2 fully saturated rings. The van der Waals surface area contributed by atoms with Crippen LogP contribution in [0.2, 0.25) is 0 Å². The van der Waals surface area contributed by atoms with E-state index in [4.69, 9.17) is 9.47 Å². The molecule has 0 unspecified atom stereocenters. The maximum Gasteiger partial charge on any atom is 0.123 e. The zero-order chi connectivity index (χ0) is 17.1. The second kappa shape index (κ2) is 8.07. The zero-order valence-electron chi connectivity index (χ0n) is 15.6. The second-order valence-corrected chi connectivity index (χ2v) is 7.82. The van der Waals surface area contributed by atoms with E-state index >= 15 is 0 Å². The minimum Gasteiger partial charge on any atom is -0.496 e. The van der Waals surface area contributed by atoms with Gasteiger partial charge in [-0.25, -0.2) is 0 Å². The highest BCUT2D eigenvalue weighted by Crippen LogP contribution is 2.32. The second-order valence-electron chi connectivity index (χ2n) is 7.82. The van der Waals surface area contributed by atoms with Gasteiger partial charge in [0.05, 0.1) is 20.3 Å². The highest BCUT2D eigenvalue weighted by atomic mass is 16.5. The van der Waals surface area contributed by atoms with Crippen molar-refractivity contribution in [3.05, 3.63) is 28.8 Å². The molecule has 2 heterocycles. The number of morpholine rings is 1. The number of aryl methyl sites for hydroxylation is 2. The van der Waals surface area contributed by atoms with Crippen LogP contribution >= 0.6 is 0 Å². The van der Waals surface area contributed by atoms with Gasteiger partial charge in [-0.1, -0.05) is 12.5 Å². The summed E-state index contributed by atoms with van der Waals surface area (Å²) in [6, 6.07) is 5.41. The normalized spacial score (nSPS) is 25.1. The molecular formula is C21H32N2O2. The first-order valence-electron chi connectivity index (χ1n) is 10.1. The lowest BCUT2D eigenvalue weighted by molar-refractivity contribution is 0.0152. The Labute approximate surface area is 152 Å². The molecular weight excluding hydrogens is 312 g/mol. The van der Waals surface area contributed by atoms with E-state index in [0.717, 1.165) is 38.6 Å². The molecule has 4 nitrogen and oxygen atoms in total. The first kappa shape index (κ1) is 17.3. The van der Waals surface area contributed by atoms with Gasteiger partial charge in [0.1, 0.15) is 5.75 Å². The van der Waals surface area contributed by atoms with Crippen LogP contribution in [0, 0.1) is 0 Å². The number of methoxy groups -OCH3 is 1. The van der Waals surface area contributed by atoms with Crippen molar-refractivity contribution in [1.29, 1.82) is 0 Å². The average Bonchev–Trinajstić information content (AvgIpc) is 3.11. The Kier molecular flexibility index (Phi) is 5.59. The number of fused-ring (bicyclic) bond motifs is 1. The molecule has 4 rings (SSSR count). The predicted octanol–water partition coefficient (Wildman–Crippen LogP) is 2.87. The van der Waals surface area contributed by atoms with E-state index in [1.165, 1.54) is 62.7 Å². The Morgan fingerprint density at radius 2 is 1.84 bits per heavy atom. The van der Waals surface area contributed by atoms with Crippen molar-refractivity contribution >= 4 is 0 Å². The fourth-order valence-electron chi connectivity index (χ4n) is 4.74. The summed E-state index contributed by atoms with van der Waals surface area (Å²) in [4.78, 5) is 5.30. The molecule has 0 spiro atoms. The molecule has 4 heteroatoms. The van der Waals surface area contributed by atoms with E-state index in [9.17, 15) is 0 Å². The number of ether oxygens (including phenoxy) is 2. The van der Waals surface area contributed by atoms with Crippen LogP contribution in [0.5, 0.6) is 5.75 Å². The largest absolute Gasteiger partial charge is 0.496 e. The van der Waals surface area contributed by atoms with E-state index < -0.39 is 0 Å². The van der Waals surface area contributed by atoms with Gasteiger partial charge in [-0.2, -0.15) is 0 Å². The van der Waals surface area contributed by atoms with Crippen LogP contribution in [0.4, 0.5) is 0 Å². The molecule has 1 aliphatic carbocycles. The summed E-state index contributed by atoms with van der Waals surface area (Å²) in [7, 11) is 1.82. The number of hydrogen-bond donors (Lipinski definition) is 0. The summed E-state index contributed by atoms with van der Waals surface area (Å²) in [6.07, 6.45) is 7.77. The van der Waals surface area contributed by atoms with Crippen molar-refractivity contribution in [1.82, 2.24) is 9.80 Å². The molecule has 1 aromatic carbocycles. The molecule has 0 amide bonds. The average molecular weight is 344 g/mol. The molecule has 0 aromatic heterocycles. The Morgan fingerprint density at radius 1 is 1.04 bits per heavy atom. The van der Waals surface area contributed by atoms with Crippen LogP contribution in [0.15, 0.2) is 12.1 Å². The molecule has 2 aliphatic heterocycles. The highest BCUT2D eigenvalue weighted by molar-refractivity contribution is 5.44. The Balaban J connectivity index is 1.47. The molecule has 2 saturated heterocycles. The van der Waals surface area contributed by atoms with Crippen molar-refractivity contribution in [2.75, 3.05) is 46.5 Å². The third-order valence-electron chi connectivity index (χ3n) is 6.19. The van der Waals surface area contributed by atoms with Crippen molar-refractivity contribution < 1.29 is 9.47 Å². The molecule has 138 valence electrons. The van der Waals surface area contributed by atoms with Gasteiger partial charge in [0.15, 0.2) is 0 Å². The highest BCUT2D eigenvalue weighted by Gasteiger charge is 2.26. The maximum absolute atomic E-state index is 5.74. The molecule has 1 atom stereocenters. The Hall–Kier alpha value is -1.10. The summed E-state index contributed by atoms with van der Waals surface area (Å²) < 4.78 is 11.3. The smallest absolute Gasteiger partial charge is 0.123 e. The van der Waals surface area contributed by atoms with E-state index in [1.54, 1.807) is 5.56 Å². The van der Waals surface area contributed by atoms with Crippen LogP contribution in [0.25, 0.3) is 0 Å². The first-order chi connectivity index (χ1) is 12.3. The molecule has 1 aromatic rings. The lowest BCUT2D eigenvalue weighted by atomic mass is 9.99. The van der Waals surface area contributed by atoms with Gasteiger partial charge in [-0.05, 0) is 55.8 Å². The molecule has 0 N–H and O–H groups in total. The van der Waals surface area contributed by atoms with E-state index in [1.807, 2.05) is 7.11 Å². The number of nitrogens with zero attached hydrogens (tertiary/aromatic N) is 2. The van der Waals surface area contributed by atoms with Gasteiger partial charge in [0, 0.05) is 37.8 Å². The fraction of sp³-hybridized carbons (Fsp3) is 0.714. The zero-order valence-corrected chi connectivity index (χ0v) is 15.6. The van der Waals surface area contributed by atoms with Crippen molar-refractivity contribution in [2.24, 2.45) is 0 Å². The van der Waals surface area contributed by atoms with Gasteiger partial charge in [-0.3, -0.25) is 9.80 Å². The molecule has 3 aliphatic rings. The third-order valence-corrected chi connectivity index (χ3v) is 6.19. The molecule has 0 saturated carbocycles. The SMILES string of the molecule is COc1cc2c(cc1CN1CCCC[C@@H]1CN1CCOCC1)CCC2. The van der Waals surface area contributed by atoms with Gasteiger partial charge in [0.25, 0.3) is 0 Å². The summed E-state index contributed by atoms with van der Waals surface area (Å²) in [5, 5.41) is 0. The van der Waals surface area contributed by atoms with E-state index in [2.05, 4.69) is 21.9 Å². The van der Waals surface area contributed by atoms with Gasteiger partial charge in [-0.15, -0.1) is 0 Å². The lowest BCUT2D eigenvalue weighted by Crippen LogP contribution is -2.49. The molecule has 0 radical (unpaired) electrons. The molecule has 0 bridgehead atoms. The number of benzene rings is 1. The monoisotopic (exact) mass is 344 g/mol. The number of rotatable bonds is 5. The van der Waals surface area contributed by atoms with Crippen LogP contribution in [-0.4, -0.2) is 62.3 Å². The maximum atomic E-state index is 5.74. The molecule has 25 heavy (non-hydrogen) atoms. The number of likely N-dealkylation sites (tertiary alicyclic amines) is 1. The van der Waals surface area contributed by atoms with Gasteiger partial charge >= 0.3 is 0 Å². The Bertz CT molecular complexity index is 584. The van der Waals surface area contributed by atoms with Crippen molar-refractivity contribution in [2.45, 2.75) is 51.1 Å². The summed E-state index contributed by atoms with van der Waals surface area (Å²) in [5.41, 5.74) is 4.44. The van der Waals surface area contributed by atoms with Gasteiger partial charge < -0.3 is 9.47 Å². The summed E-state index contributed by atoms with van der Waals surface area (Å²) in [6.45, 7) is 7.41. The first-order valence-corrected chi connectivity index (χ1v) is 10.1. The minimum absolute atomic E-state index is 0.671. The third kappa shape index (κ3) is 4.02. The van der Waals surface area contributed by atoms with Crippen LogP contribution < -0.4 is 4.74 Å². The fourth-order valence-corrected chi connectivity index (χ4v) is 4.74. The lowest BCUT2D eigenvalue weighted by Gasteiger charge is -2.40. The number of hydrogen-bond acceptors (Lipinski definition) is 4. The summed E-state index contributed by atoms with van der Waals surface area (Å²) in [5.74, 6) is 1.09. The van der Waals surface area contributed by atoms with Crippen LogP contribution in [0.3, 0.4) is 0 Å². The van der Waals surface area contributed by atoms with E-state index in [0.29, 0.717) is 6.04 Å². The van der Waals surface area contributed by atoms with Crippen molar-refractivity contribution in [3.63, 3.8) is 0 Å². The van der Waals surface area contributed by atoms with E-state index in [-0.39, 0.29) is 0 Å². The number of piperidine rings is 1. The van der Waals surface area contributed by atoms with Crippen LogP contribution in [0.1, 0.15) is 42.4 Å². The standard InChI is InChI=1S/C21H32N2O2/c1-24-21-14-18-6-4-5-17(18)13-19(21)15-23-8-3-2-7-20(23)16-22-9-11-25-12-10-22/h13-14,20H,2-12,15-16H2,1H3/t20-/m1/s1. The topological polar surface area (TPSA) is 24.9 Å². The Morgan fingerprint density at radius 3 is 2.64 bits per heavy atom. The van der Waals surface area contributed by atoms with Crippen LogP contribution in [-0.2, 0) is 24.1 Å². The predicted molar refractivity (Wildman–Crippen MR) is 100 cm³/mol. The quantitative estimate of drug-likeness (QED) is 0.820. The minimum atomic E-state index is 0.671. The summed E-state index contributed by atoms with van der Waals surface area (Å²) >= 11 is 0. The van der Waals surface area contributed by atoms with Crippen molar-refractivity contribution in [3.8, 4) is 5.75 Å². The van der Waals surface area contributed by atoms with Gasteiger partial charge in [0.2, 0.25) is 0 Å².